The predicted octanol–water partition coefficient (Wildman–Crippen LogP) is 5.82. The lowest BCUT2D eigenvalue weighted by Crippen LogP contribution is -2.49. The zero-order valence-corrected chi connectivity index (χ0v) is 22.7. The normalized spacial score (nSPS) is 11.4. The van der Waals surface area contributed by atoms with Crippen LogP contribution in [0.25, 0.3) is 0 Å². The highest BCUT2D eigenvalue weighted by Crippen LogP contribution is 2.11. The first-order valence-corrected chi connectivity index (χ1v) is 13.0. The summed E-state index contributed by atoms with van der Waals surface area (Å²) in [6, 6.07) is 0. The van der Waals surface area contributed by atoms with E-state index in [1.54, 1.807) is 0 Å². The molecular weight excluding hydrogens is 404 g/mol. The van der Waals surface area contributed by atoms with Gasteiger partial charge in [0.2, 0.25) is 0 Å². The van der Waals surface area contributed by atoms with Crippen molar-refractivity contribution in [1.29, 1.82) is 0 Å². The third-order valence-corrected chi connectivity index (χ3v) is 5.90. The molecule has 0 aliphatic carbocycles. The number of carbonyl (C=O) groups is 2. The van der Waals surface area contributed by atoms with Gasteiger partial charge in [0.1, 0.15) is 0 Å². The summed E-state index contributed by atoms with van der Waals surface area (Å²) < 4.78 is 2.70. The van der Waals surface area contributed by atoms with Gasteiger partial charge in [0, 0.05) is 12.2 Å². The first kappa shape index (κ1) is 35.2. The molecule has 0 aromatic heterocycles. The topological polar surface area (TPSA) is 74.6 Å². The lowest BCUT2D eigenvalue weighted by atomic mass is 10.2. The Labute approximate surface area is 199 Å². The highest BCUT2D eigenvalue weighted by atomic mass is 16.4. The summed E-state index contributed by atoms with van der Waals surface area (Å²) in [5.41, 5.74) is 0. The monoisotopic (exact) mass is 460 g/mol. The Morgan fingerprint density at radius 2 is 0.688 bits per heavy atom. The molecule has 0 aromatic rings. The zero-order valence-electron chi connectivity index (χ0n) is 22.7. The molecule has 0 heterocycles. The van der Waals surface area contributed by atoms with Gasteiger partial charge in [0.05, 0.1) is 52.4 Å². The summed E-state index contributed by atoms with van der Waals surface area (Å²) in [5.74, 6) is -2.51. The lowest BCUT2D eigenvalue weighted by Gasteiger charge is -2.37. The summed E-state index contributed by atoms with van der Waals surface area (Å²) in [7, 11) is 0. The van der Waals surface area contributed by atoms with Gasteiger partial charge in [-0.25, -0.2) is 9.59 Å². The molecule has 192 valence electrons. The van der Waals surface area contributed by atoms with Crippen molar-refractivity contribution in [1.82, 2.24) is 0 Å². The van der Waals surface area contributed by atoms with E-state index in [9.17, 15) is 9.59 Å². The quantitative estimate of drug-likeness (QED) is 0.225. The fraction of sp³-hybridized carbons (Fsp3) is 0.846. The van der Waals surface area contributed by atoms with E-state index in [0.717, 1.165) is 0 Å². The lowest BCUT2D eigenvalue weighted by molar-refractivity contribution is -0.926. The fourth-order valence-electron chi connectivity index (χ4n) is 4.61. The van der Waals surface area contributed by atoms with Crippen molar-refractivity contribution in [3.05, 3.63) is 12.2 Å². The maximum Gasteiger partial charge on any atom is 0.328 e. The molecule has 32 heavy (non-hydrogen) atoms. The molecule has 0 bridgehead atoms. The van der Waals surface area contributed by atoms with E-state index >= 15 is 0 Å². The minimum absolute atomic E-state index is 0.558. The van der Waals surface area contributed by atoms with Crippen LogP contribution in [0.4, 0.5) is 0 Å². The Morgan fingerprint density at radius 1 is 0.500 bits per heavy atom. The number of carboxylic acid groups (broad SMARTS) is 2. The molecule has 2 N–H and O–H groups in total. The molecule has 0 aromatic carbocycles. The third kappa shape index (κ3) is 19.3. The molecule has 0 unspecified atom stereocenters. The number of hydrogen-bond donors (Lipinski definition) is 2. The molecule has 0 aliphatic rings. The van der Waals surface area contributed by atoms with Gasteiger partial charge in [0.25, 0.3) is 0 Å². The maximum atomic E-state index is 9.55. The number of rotatable bonds is 16. The van der Waals surface area contributed by atoms with E-state index in [4.69, 9.17) is 10.2 Å². The van der Waals surface area contributed by atoms with Gasteiger partial charge >= 0.3 is 11.9 Å². The Balaban J connectivity index is -0.000000404. The standard InChI is InChI=1S/2C11H26N.C4H4O4/c2*1-5-9-12(8-4,10-6-2)11-7-3;5-3(6)1-2-4(7)8/h2*5-11H2,1-4H3;1-2H,(H,5,6)(H,7,8)/q2*+1;/b;;2-1-. The van der Waals surface area contributed by atoms with Crippen molar-refractivity contribution in [2.75, 3.05) is 52.4 Å². The number of carboxylic acids is 2. The molecule has 6 heteroatoms. The summed E-state index contributed by atoms with van der Waals surface area (Å²) >= 11 is 0. The Morgan fingerprint density at radius 3 is 0.781 bits per heavy atom. The summed E-state index contributed by atoms with van der Waals surface area (Å²) in [6.07, 6.45) is 9.08. The minimum atomic E-state index is -1.26. The van der Waals surface area contributed by atoms with E-state index in [0.29, 0.717) is 12.2 Å². The van der Waals surface area contributed by atoms with Gasteiger partial charge in [-0.05, 0) is 52.4 Å². The van der Waals surface area contributed by atoms with Crippen LogP contribution in [0.1, 0.15) is 93.9 Å². The molecule has 0 amide bonds. The van der Waals surface area contributed by atoms with Gasteiger partial charge in [-0.2, -0.15) is 0 Å². The average Bonchev–Trinajstić information content (AvgIpc) is 2.74. The van der Waals surface area contributed by atoms with E-state index < -0.39 is 11.9 Å². The van der Waals surface area contributed by atoms with E-state index in [1.807, 2.05) is 0 Å². The average molecular weight is 461 g/mol. The van der Waals surface area contributed by atoms with Crippen LogP contribution >= 0.6 is 0 Å². The van der Waals surface area contributed by atoms with Crippen molar-refractivity contribution in [2.45, 2.75) is 93.9 Å². The molecule has 0 saturated carbocycles. The van der Waals surface area contributed by atoms with E-state index in [2.05, 4.69) is 55.4 Å². The molecule has 6 nitrogen and oxygen atoms in total. The van der Waals surface area contributed by atoms with Crippen LogP contribution in [-0.4, -0.2) is 83.5 Å². The van der Waals surface area contributed by atoms with Crippen LogP contribution in [0, 0.1) is 0 Å². The Bertz CT molecular complexity index is 402. The van der Waals surface area contributed by atoms with Crippen molar-refractivity contribution in [3.8, 4) is 0 Å². The Kier molecular flexibility index (Phi) is 25.1. The molecular formula is C26H56N2O4+2. The van der Waals surface area contributed by atoms with Gasteiger partial charge in [-0.1, -0.05) is 41.5 Å². The minimum Gasteiger partial charge on any atom is -0.478 e. The molecule has 0 fully saturated rings. The zero-order chi connectivity index (χ0) is 25.5. The largest absolute Gasteiger partial charge is 0.478 e. The summed E-state index contributed by atoms with van der Waals surface area (Å²) in [6.45, 7) is 29.3. The van der Waals surface area contributed by atoms with Crippen LogP contribution in [0.5, 0.6) is 0 Å². The van der Waals surface area contributed by atoms with Crippen molar-refractivity contribution in [3.63, 3.8) is 0 Å². The van der Waals surface area contributed by atoms with Crippen LogP contribution in [-0.2, 0) is 9.59 Å². The first-order valence-electron chi connectivity index (χ1n) is 13.0. The van der Waals surface area contributed by atoms with Crippen molar-refractivity contribution >= 4 is 11.9 Å². The van der Waals surface area contributed by atoms with Crippen molar-refractivity contribution in [2.24, 2.45) is 0 Å². The fourth-order valence-corrected chi connectivity index (χ4v) is 4.61. The van der Waals surface area contributed by atoms with E-state index in [-0.39, 0.29) is 0 Å². The Hall–Kier alpha value is -1.40. The SMILES string of the molecule is CCC[N+](CC)(CCC)CCC.CCC[N+](CC)(CCC)CCC.O=C(O)/C=C\C(=O)O. The van der Waals surface area contributed by atoms with Crippen molar-refractivity contribution < 1.29 is 28.8 Å². The second kappa shape index (κ2) is 22.8. The summed E-state index contributed by atoms with van der Waals surface area (Å²) in [4.78, 5) is 19.1. The second-order valence-corrected chi connectivity index (χ2v) is 8.67. The van der Waals surface area contributed by atoms with E-state index in [1.165, 1.54) is 99.8 Å². The van der Waals surface area contributed by atoms with Crippen LogP contribution in [0.2, 0.25) is 0 Å². The number of nitrogens with zero attached hydrogens (tertiary/aromatic N) is 2. The third-order valence-electron chi connectivity index (χ3n) is 5.90. The van der Waals surface area contributed by atoms with Gasteiger partial charge in [0.15, 0.2) is 0 Å². The van der Waals surface area contributed by atoms with Gasteiger partial charge < -0.3 is 19.2 Å². The number of aliphatic carboxylic acids is 2. The van der Waals surface area contributed by atoms with Crippen LogP contribution in [0.15, 0.2) is 12.2 Å². The maximum absolute atomic E-state index is 9.55. The number of quaternary nitrogens is 2. The molecule has 0 spiro atoms. The molecule has 0 aliphatic heterocycles. The molecule has 0 atom stereocenters. The van der Waals surface area contributed by atoms with Gasteiger partial charge in [-0.15, -0.1) is 0 Å². The van der Waals surface area contributed by atoms with Crippen LogP contribution in [0.3, 0.4) is 0 Å². The molecule has 0 rings (SSSR count). The van der Waals surface area contributed by atoms with Crippen LogP contribution < -0.4 is 0 Å². The summed E-state index contributed by atoms with van der Waals surface area (Å²) in [5, 5.41) is 15.6. The highest BCUT2D eigenvalue weighted by Gasteiger charge is 2.22. The smallest absolute Gasteiger partial charge is 0.328 e. The molecule has 0 saturated heterocycles. The predicted molar refractivity (Wildman–Crippen MR) is 137 cm³/mol. The second-order valence-electron chi connectivity index (χ2n) is 8.67. The number of hydrogen-bond acceptors (Lipinski definition) is 2. The first-order chi connectivity index (χ1) is 15.1. The van der Waals surface area contributed by atoms with Gasteiger partial charge in [-0.3, -0.25) is 0 Å². The molecule has 0 radical (unpaired) electrons. The highest BCUT2D eigenvalue weighted by molar-refractivity contribution is 5.89.